The molecule has 1 amide bonds. The van der Waals surface area contributed by atoms with E-state index in [-0.39, 0.29) is 40.8 Å². The minimum Gasteiger partial charge on any atom is -0.373 e. The van der Waals surface area contributed by atoms with Gasteiger partial charge in [0.2, 0.25) is 15.9 Å². The van der Waals surface area contributed by atoms with Crippen molar-refractivity contribution >= 4 is 27.5 Å². The van der Waals surface area contributed by atoms with Crippen molar-refractivity contribution in [2.24, 2.45) is 5.73 Å². The van der Waals surface area contributed by atoms with Gasteiger partial charge in [0, 0.05) is 13.1 Å². The monoisotopic (exact) mass is 332 g/mol. The fourth-order valence-corrected chi connectivity index (χ4v) is 4.16. The number of morpholine rings is 1. The van der Waals surface area contributed by atoms with Crippen LogP contribution in [0.4, 0.5) is 0 Å². The number of amides is 1. The molecule has 8 heteroatoms. The molecule has 0 unspecified atom stereocenters. The molecule has 0 bridgehead atoms. The van der Waals surface area contributed by atoms with Gasteiger partial charge in [0.1, 0.15) is 0 Å². The van der Waals surface area contributed by atoms with E-state index in [0.717, 1.165) is 0 Å². The summed E-state index contributed by atoms with van der Waals surface area (Å²) >= 11 is 5.84. The molecule has 1 fully saturated rings. The number of halogens is 1. The first-order valence-corrected chi connectivity index (χ1v) is 8.28. The molecule has 2 N–H and O–H groups in total. The summed E-state index contributed by atoms with van der Waals surface area (Å²) in [6.45, 7) is 4.16. The van der Waals surface area contributed by atoms with Gasteiger partial charge >= 0.3 is 0 Å². The molecular weight excluding hydrogens is 316 g/mol. The third-order valence-electron chi connectivity index (χ3n) is 3.23. The van der Waals surface area contributed by atoms with Crippen molar-refractivity contribution in [1.82, 2.24) is 4.31 Å². The van der Waals surface area contributed by atoms with E-state index < -0.39 is 15.9 Å². The number of ether oxygens (including phenoxy) is 1. The molecule has 1 aliphatic rings. The predicted molar refractivity (Wildman–Crippen MR) is 78.7 cm³/mol. The third kappa shape index (κ3) is 3.37. The maximum atomic E-state index is 12.6. The SMILES string of the molecule is C[C@@H]1CN(S(=O)(=O)c2ccc(Cl)c(C(N)=O)c2)C[C@@H](C)O1. The molecule has 1 saturated heterocycles. The van der Waals surface area contributed by atoms with E-state index in [9.17, 15) is 13.2 Å². The highest BCUT2D eigenvalue weighted by atomic mass is 35.5. The number of rotatable bonds is 3. The Morgan fingerprint density at radius 2 is 1.90 bits per heavy atom. The van der Waals surface area contributed by atoms with Gasteiger partial charge in [0.25, 0.3) is 0 Å². The number of carbonyl (C=O) groups excluding carboxylic acids is 1. The molecule has 21 heavy (non-hydrogen) atoms. The van der Waals surface area contributed by atoms with E-state index in [1.807, 2.05) is 13.8 Å². The highest BCUT2D eigenvalue weighted by Crippen LogP contribution is 2.25. The molecular formula is C13H17ClN2O4S. The fraction of sp³-hybridized carbons (Fsp3) is 0.462. The Balaban J connectivity index is 2.40. The van der Waals surface area contributed by atoms with Crippen LogP contribution in [0, 0.1) is 0 Å². The zero-order chi connectivity index (χ0) is 15.8. The van der Waals surface area contributed by atoms with Crippen molar-refractivity contribution in [2.45, 2.75) is 31.0 Å². The summed E-state index contributed by atoms with van der Waals surface area (Å²) in [4.78, 5) is 11.3. The van der Waals surface area contributed by atoms with Crippen LogP contribution in [0.5, 0.6) is 0 Å². The van der Waals surface area contributed by atoms with Crippen molar-refractivity contribution in [3.8, 4) is 0 Å². The zero-order valence-electron chi connectivity index (χ0n) is 11.7. The molecule has 1 aromatic rings. The van der Waals surface area contributed by atoms with Gasteiger partial charge in [-0.25, -0.2) is 8.42 Å². The molecule has 6 nitrogen and oxygen atoms in total. The predicted octanol–water partition coefficient (Wildman–Crippen LogP) is 1.24. The Morgan fingerprint density at radius 3 is 2.43 bits per heavy atom. The number of carbonyl (C=O) groups is 1. The molecule has 2 rings (SSSR count). The van der Waals surface area contributed by atoms with Crippen LogP contribution in [0.15, 0.2) is 23.1 Å². The van der Waals surface area contributed by atoms with E-state index in [1.165, 1.54) is 22.5 Å². The van der Waals surface area contributed by atoms with Crippen molar-refractivity contribution in [1.29, 1.82) is 0 Å². The summed E-state index contributed by atoms with van der Waals surface area (Å²) < 4.78 is 32.2. The molecule has 0 saturated carbocycles. The number of primary amides is 1. The van der Waals surface area contributed by atoms with E-state index in [1.54, 1.807) is 0 Å². The Labute approximate surface area is 128 Å². The second kappa shape index (κ2) is 5.92. The van der Waals surface area contributed by atoms with Crippen LogP contribution in [-0.2, 0) is 14.8 Å². The lowest BCUT2D eigenvalue weighted by molar-refractivity contribution is -0.0440. The normalized spacial score (nSPS) is 24.0. The highest BCUT2D eigenvalue weighted by Gasteiger charge is 2.32. The Hall–Kier alpha value is -1.15. The first kappa shape index (κ1) is 16.2. The van der Waals surface area contributed by atoms with Gasteiger partial charge in [-0.3, -0.25) is 4.79 Å². The minimum absolute atomic E-state index is 0.00185. The lowest BCUT2D eigenvalue weighted by Crippen LogP contribution is -2.48. The summed E-state index contributed by atoms with van der Waals surface area (Å²) in [5.74, 6) is -0.763. The van der Waals surface area contributed by atoms with E-state index in [2.05, 4.69) is 0 Å². The molecule has 0 radical (unpaired) electrons. The largest absolute Gasteiger partial charge is 0.373 e. The van der Waals surface area contributed by atoms with Crippen LogP contribution in [0.25, 0.3) is 0 Å². The van der Waals surface area contributed by atoms with E-state index in [4.69, 9.17) is 22.1 Å². The Morgan fingerprint density at radius 1 is 1.33 bits per heavy atom. The molecule has 2 atom stereocenters. The second-order valence-corrected chi connectivity index (χ2v) is 7.43. The molecule has 1 aromatic carbocycles. The summed E-state index contributed by atoms with van der Waals surface area (Å²) in [5, 5.41) is 0.130. The third-order valence-corrected chi connectivity index (χ3v) is 5.38. The van der Waals surface area contributed by atoms with Crippen LogP contribution in [0.1, 0.15) is 24.2 Å². The quantitative estimate of drug-likeness (QED) is 0.901. The number of nitrogens with zero attached hydrogens (tertiary/aromatic N) is 1. The average molecular weight is 333 g/mol. The first-order chi connectivity index (χ1) is 9.71. The number of nitrogens with two attached hydrogens (primary N) is 1. The van der Waals surface area contributed by atoms with Gasteiger partial charge in [-0.05, 0) is 32.0 Å². The van der Waals surface area contributed by atoms with Gasteiger partial charge in [-0.1, -0.05) is 11.6 Å². The van der Waals surface area contributed by atoms with Crippen molar-refractivity contribution in [3.05, 3.63) is 28.8 Å². The molecule has 1 aliphatic heterocycles. The molecule has 0 spiro atoms. The van der Waals surface area contributed by atoms with Crippen LogP contribution < -0.4 is 5.73 Å². The maximum Gasteiger partial charge on any atom is 0.250 e. The van der Waals surface area contributed by atoms with Crippen LogP contribution in [0.2, 0.25) is 5.02 Å². The smallest absolute Gasteiger partial charge is 0.250 e. The Kier molecular flexibility index (Phi) is 4.57. The molecule has 0 aliphatic carbocycles. The van der Waals surface area contributed by atoms with Crippen molar-refractivity contribution < 1.29 is 17.9 Å². The lowest BCUT2D eigenvalue weighted by Gasteiger charge is -2.34. The maximum absolute atomic E-state index is 12.6. The van der Waals surface area contributed by atoms with Crippen LogP contribution >= 0.6 is 11.6 Å². The van der Waals surface area contributed by atoms with Gasteiger partial charge in [0.15, 0.2) is 0 Å². The topological polar surface area (TPSA) is 89.7 Å². The second-order valence-electron chi connectivity index (χ2n) is 5.09. The standard InChI is InChI=1S/C13H17ClN2O4S/c1-8-6-16(7-9(2)20-8)21(18,19)10-3-4-12(14)11(5-10)13(15)17/h3-5,8-9H,6-7H2,1-2H3,(H2,15,17)/t8-,9-/m1/s1. The highest BCUT2D eigenvalue weighted by molar-refractivity contribution is 7.89. The Bertz CT molecular complexity index is 652. The van der Waals surface area contributed by atoms with Gasteiger partial charge in [-0.2, -0.15) is 4.31 Å². The van der Waals surface area contributed by atoms with Crippen molar-refractivity contribution in [2.75, 3.05) is 13.1 Å². The van der Waals surface area contributed by atoms with Crippen molar-refractivity contribution in [3.63, 3.8) is 0 Å². The summed E-state index contributed by atoms with van der Waals surface area (Å²) in [7, 11) is -3.71. The van der Waals surface area contributed by atoms with Crippen LogP contribution in [0.3, 0.4) is 0 Å². The summed E-state index contributed by atoms with van der Waals surface area (Å²) in [6, 6.07) is 3.95. The number of benzene rings is 1. The lowest BCUT2D eigenvalue weighted by atomic mass is 10.2. The van der Waals surface area contributed by atoms with Gasteiger partial charge in [0.05, 0.1) is 27.7 Å². The summed E-state index contributed by atoms with van der Waals surface area (Å²) in [6.07, 6.45) is -0.377. The number of sulfonamides is 1. The van der Waals surface area contributed by atoms with Crippen LogP contribution in [-0.4, -0.2) is 43.9 Å². The minimum atomic E-state index is -3.71. The molecule has 0 aromatic heterocycles. The summed E-state index contributed by atoms with van der Waals surface area (Å²) in [5.41, 5.74) is 5.19. The van der Waals surface area contributed by atoms with Gasteiger partial charge in [-0.15, -0.1) is 0 Å². The number of hydrogen-bond donors (Lipinski definition) is 1. The average Bonchev–Trinajstić information content (AvgIpc) is 2.37. The molecule has 1 heterocycles. The number of hydrogen-bond acceptors (Lipinski definition) is 4. The van der Waals surface area contributed by atoms with E-state index >= 15 is 0 Å². The molecule has 116 valence electrons. The first-order valence-electron chi connectivity index (χ1n) is 6.46. The zero-order valence-corrected chi connectivity index (χ0v) is 13.3. The fourth-order valence-electron chi connectivity index (χ4n) is 2.33. The van der Waals surface area contributed by atoms with Gasteiger partial charge < -0.3 is 10.5 Å². The van der Waals surface area contributed by atoms with E-state index in [0.29, 0.717) is 0 Å².